The predicted octanol–water partition coefficient (Wildman–Crippen LogP) is 1.53. The Morgan fingerprint density at radius 2 is 2.00 bits per heavy atom. The number of nitrogens with one attached hydrogen (secondary N) is 1. The Kier molecular flexibility index (Phi) is 5.99. The molecule has 0 fully saturated rings. The highest BCUT2D eigenvalue weighted by Crippen LogP contribution is 1.98. The summed E-state index contributed by atoms with van der Waals surface area (Å²) >= 11 is 0. The van der Waals surface area contributed by atoms with E-state index in [9.17, 15) is 0 Å². The van der Waals surface area contributed by atoms with Crippen LogP contribution in [0.4, 0.5) is 0 Å². The fourth-order valence-corrected chi connectivity index (χ4v) is 0.632. The van der Waals surface area contributed by atoms with Crippen LogP contribution in [0.15, 0.2) is 0 Å². The van der Waals surface area contributed by atoms with Crippen LogP contribution in [-0.2, 0) is 4.84 Å². The van der Waals surface area contributed by atoms with Crippen LogP contribution >= 0.6 is 0 Å². The van der Waals surface area contributed by atoms with Gasteiger partial charge < -0.3 is 0 Å². The van der Waals surface area contributed by atoms with E-state index >= 15 is 0 Å². The van der Waals surface area contributed by atoms with Gasteiger partial charge in [-0.3, -0.25) is 4.84 Å². The van der Waals surface area contributed by atoms with Crippen molar-refractivity contribution >= 4 is 0 Å². The summed E-state index contributed by atoms with van der Waals surface area (Å²) in [4.78, 5) is 5.18. The molecular formula is C7H16NO. The van der Waals surface area contributed by atoms with Gasteiger partial charge in [0.1, 0.15) is 0 Å². The normalized spacial score (nSPS) is 10.7. The Morgan fingerprint density at radius 1 is 1.44 bits per heavy atom. The van der Waals surface area contributed by atoms with Crippen LogP contribution in [0.1, 0.15) is 26.7 Å². The van der Waals surface area contributed by atoms with Crippen LogP contribution in [0.3, 0.4) is 0 Å². The van der Waals surface area contributed by atoms with Crippen molar-refractivity contribution in [2.24, 2.45) is 0 Å². The summed E-state index contributed by atoms with van der Waals surface area (Å²) in [7, 11) is 0. The monoisotopic (exact) mass is 130 g/mol. The highest BCUT2D eigenvalue weighted by atomic mass is 16.7. The highest BCUT2D eigenvalue weighted by Gasteiger charge is 2.00. The van der Waals surface area contributed by atoms with Gasteiger partial charge in [0, 0.05) is 6.54 Å². The summed E-state index contributed by atoms with van der Waals surface area (Å²) in [6, 6.07) is 0. The van der Waals surface area contributed by atoms with Gasteiger partial charge in [0.2, 0.25) is 0 Å². The predicted molar refractivity (Wildman–Crippen MR) is 38.8 cm³/mol. The first-order valence-electron chi connectivity index (χ1n) is 3.52. The van der Waals surface area contributed by atoms with Crippen molar-refractivity contribution in [1.82, 2.24) is 5.48 Å². The SMILES string of the molecule is [CH2]CNOC(CC)CC. The van der Waals surface area contributed by atoms with Crippen molar-refractivity contribution in [1.29, 1.82) is 0 Å². The van der Waals surface area contributed by atoms with Gasteiger partial charge in [-0.15, -0.1) is 0 Å². The Balaban J connectivity index is 3.09. The van der Waals surface area contributed by atoms with Gasteiger partial charge in [-0.1, -0.05) is 13.8 Å². The van der Waals surface area contributed by atoms with Gasteiger partial charge in [-0.2, -0.15) is 0 Å². The van der Waals surface area contributed by atoms with Gasteiger partial charge in [0.05, 0.1) is 6.10 Å². The topological polar surface area (TPSA) is 21.3 Å². The van der Waals surface area contributed by atoms with Crippen molar-refractivity contribution < 1.29 is 4.84 Å². The smallest absolute Gasteiger partial charge is 0.0785 e. The second-order valence-electron chi connectivity index (χ2n) is 1.95. The molecule has 0 aromatic rings. The van der Waals surface area contributed by atoms with Gasteiger partial charge in [-0.25, -0.2) is 5.48 Å². The van der Waals surface area contributed by atoms with E-state index in [0.29, 0.717) is 12.6 Å². The molecule has 0 aliphatic carbocycles. The summed E-state index contributed by atoms with van der Waals surface area (Å²) in [6.45, 7) is 8.45. The van der Waals surface area contributed by atoms with Crippen molar-refractivity contribution in [3.05, 3.63) is 6.92 Å². The molecule has 55 valence electrons. The molecule has 0 bridgehead atoms. The Hall–Kier alpha value is -0.0800. The van der Waals surface area contributed by atoms with E-state index in [1.54, 1.807) is 0 Å². The summed E-state index contributed by atoms with van der Waals surface area (Å²) in [5.41, 5.74) is 2.74. The number of hydrogen-bond acceptors (Lipinski definition) is 2. The van der Waals surface area contributed by atoms with Crippen molar-refractivity contribution in [2.45, 2.75) is 32.8 Å². The van der Waals surface area contributed by atoms with E-state index < -0.39 is 0 Å². The zero-order valence-electron chi connectivity index (χ0n) is 6.31. The minimum Gasteiger partial charge on any atom is -0.299 e. The Morgan fingerprint density at radius 3 is 2.33 bits per heavy atom. The zero-order valence-corrected chi connectivity index (χ0v) is 6.31. The fourth-order valence-electron chi connectivity index (χ4n) is 0.632. The lowest BCUT2D eigenvalue weighted by Gasteiger charge is -2.12. The van der Waals surface area contributed by atoms with Crippen molar-refractivity contribution in [3.8, 4) is 0 Å². The summed E-state index contributed by atoms with van der Waals surface area (Å²) in [6.07, 6.45) is 2.47. The zero-order chi connectivity index (χ0) is 7.11. The largest absolute Gasteiger partial charge is 0.299 e. The van der Waals surface area contributed by atoms with Crippen LogP contribution in [0.25, 0.3) is 0 Å². The molecule has 0 saturated heterocycles. The number of hydrogen-bond donors (Lipinski definition) is 1. The fraction of sp³-hybridized carbons (Fsp3) is 0.857. The van der Waals surface area contributed by atoms with E-state index in [4.69, 9.17) is 4.84 Å². The van der Waals surface area contributed by atoms with Gasteiger partial charge in [-0.05, 0) is 19.8 Å². The van der Waals surface area contributed by atoms with Crippen LogP contribution in [0, 0.1) is 6.92 Å². The number of rotatable bonds is 5. The third-order valence-electron chi connectivity index (χ3n) is 1.26. The quantitative estimate of drug-likeness (QED) is 0.570. The van der Waals surface area contributed by atoms with E-state index in [0.717, 1.165) is 12.8 Å². The molecule has 0 aliphatic heterocycles. The average Bonchev–Trinajstić information content (AvgIpc) is 1.91. The molecule has 9 heavy (non-hydrogen) atoms. The first kappa shape index (κ1) is 8.92. The van der Waals surface area contributed by atoms with E-state index in [2.05, 4.69) is 26.3 Å². The molecule has 0 heterocycles. The maximum absolute atomic E-state index is 5.18. The molecule has 0 aromatic carbocycles. The lowest BCUT2D eigenvalue weighted by molar-refractivity contribution is -0.0229. The Labute approximate surface area is 57.5 Å². The standard InChI is InChI=1S/C7H16NO/c1-4-7(5-2)9-8-6-3/h7-8H,3-6H2,1-2H3. The van der Waals surface area contributed by atoms with Crippen LogP contribution < -0.4 is 5.48 Å². The average molecular weight is 130 g/mol. The lowest BCUT2D eigenvalue weighted by Crippen LogP contribution is -2.22. The molecule has 0 atom stereocenters. The first-order chi connectivity index (χ1) is 4.35. The maximum atomic E-state index is 5.18. The van der Waals surface area contributed by atoms with Crippen LogP contribution in [0.2, 0.25) is 0 Å². The second-order valence-corrected chi connectivity index (χ2v) is 1.95. The molecule has 2 nitrogen and oxygen atoms in total. The van der Waals surface area contributed by atoms with Crippen molar-refractivity contribution in [3.63, 3.8) is 0 Å². The summed E-state index contributed by atoms with van der Waals surface area (Å²) in [5.74, 6) is 0. The van der Waals surface area contributed by atoms with Gasteiger partial charge in [0.25, 0.3) is 0 Å². The van der Waals surface area contributed by atoms with E-state index in [-0.39, 0.29) is 0 Å². The van der Waals surface area contributed by atoms with Crippen LogP contribution in [-0.4, -0.2) is 12.6 Å². The Bertz CT molecular complexity index is 52.9. The lowest BCUT2D eigenvalue weighted by atomic mass is 10.2. The van der Waals surface area contributed by atoms with Gasteiger partial charge >= 0.3 is 0 Å². The van der Waals surface area contributed by atoms with Crippen molar-refractivity contribution in [2.75, 3.05) is 6.54 Å². The third-order valence-corrected chi connectivity index (χ3v) is 1.26. The van der Waals surface area contributed by atoms with E-state index in [1.807, 2.05) is 0 Å². The minimum absolute atomic E-state index is 0.353. The molecule has 2 heteroatoms. The minimum atomic E-state index is 0.353. The van der Waals surface area contributed by atoms with Gasteiger partial charge in [0.15, 0.2) is 0 Å². The van der Waals surface area contributed by atoms with Crippen LogP contribution in [0.5, 0.6) is 0 Å². The second kappa shape index (κ2) is 6.05. The van der Waals surface area contributed by atoms with E-state index in [1.165, 1.54) is 0 Å². The summed E-state index contributed by atoms with van der Waals surface area (Å²) < 4.78 is 0. The molecule has 0 aromatic heterocycles. The highest BCUT2D eigenvalue weighted by molar-refractivity contribution is 4.48. The molecular weight excluding hydrogens is 114 g/mol. The number of hydroxylamine groups is 1. The molecule has 0 spiro atoms. The molecule has 1 N–H and O–H groups in total. The molecule has 1 radical (unpaired) electrons. The maximum Gasteiger partial charge on any atom is 0.0785 e. The summed E-state index contributed by atoms with van der Waals surface area (Å²) in [5, 5.41) is 0. The molecule has 0 unspecified atom stereocenters. The first-order valence-corrected chi connectivity index (χ1v) is 3.52. The molecule has 0 saturated carbocycles. The molecule has 0 rings (SSSR count). The molecule has 0 aliphatic rings. The molecule has 0 amide bonds. The third kappa shape index (κ3) is 4.43.